The Hall–Kier alpha value is -0.463. The molecule has 0 bridgehead atoms. The number of carbonyl (C=O) groups is 2. The van der Waals surface area contributed by atoms with Crippen molar-refractivity contribution >= 4 is 11.9 Å². The average molecular weight is 194 g/mol. The molecule has 14 heavy (non-hydrogen) atoms. The van der Waals surface area contributed by atoms with Crippen LogP contribution in [0.1, 0.15) is 34.0 Å². The van der Waals surface area contributed by atoms with E-state index in [-0.39, 0.29) is 20.3 Å². The first-order valence-electron chi connectivity index (χ1n) is 4.44. The van der Waals surface area contributed by atoms with Crippen molar-refractivity contribution in [2.45, 2.75) is 32.6 Å². The number of carboxylic acid groups (broad SMARTS) is 2. The minimum atomic E-state index is -1.07. The SMILES string of the molecule is CC1(C(=O)O)CCCCC1C(=O)O.[H-].[Li+]. The van der Waals surface area contributed by atoms with E-state index in [9.17, 15) is 9.59 Å². The van der Waals surface area contributed by atoms with Crippen molar-refractivity contribution in [3.63, 3.8) is 0 Å². The Bertz CT molecular complexity index is 246. The summed E-state index contributed by atoms with van der Waals surface area (Å²) >= 11 is 0. The molecule has 0 aromatic heterocycles. The molecule has 0 aromatic carbocycles. The summed E-state index contributed by atoms with van der Waals surface area (Å²) in [5.74, 6) is -2.69. The molecule has 4 nitrogen and oxygen atoms in total. The van der Waals surface area contributed by atoms with Gasteiger partial charge in [0.2, 0.25) is 0 Å². The molecule has 0 aromatic rings. The smallest absolute Gasteiger partial charge is 1.00 e. The molecule has 1 saturated carbocycles. The number of carboxylic acids is 2. The Morgan fingerprint density at radius 3 is 2.29 bits per heavy atom. The molecule has 76 valence electrons. The zero-order chi connectivity index (χ0) is 10.1. The van der Waals surface area contributed by atoms with Gasteiger partial charge in [0.1, 0.15) is 0 Å². The Labute approximate surface area is 96.3 Å². The standard InChI is InChI=1S/C9H14O4.Li.H/c1-9(8(12)13)5-3-2-4-6(9)7(10)11;;/h6H,2-5H2,1H3,(H,10,11)(H,12,13);;/q;+1;-1. The molecule has 1 rings (SSSR count). The normalized spacial score (nSPS) is 31.6. The number of aliphatic carboxylic acids is 2. The van der Waals surface area contributed by atoms with Gasteiger partial charge >= 0.3 is 30.8 Å². The van der Waals surface area contributed by atoms with Crippen LogP contribution in [0.15, 0.2) is 0 Å². The molecule has 0 aliphatic heterocycles. The number of hydrogen-bond acceptors (Lipinski definition) is 2. The summed E-state index contributed by atoms with van der Waals surface area (Å²) in [4.78, 5) is 21.7. The first-order valence-corrected chi connectivity index (χ1v) is 4.44. The third-order valence-electron chi connectivity index (χ3n) is 2.99. The molecular weight excluding hydrogens is 179 g/mol. The molecule has 1 aliphatic rings. The molecule has 0 amide bonds. The van der Waals surface area contributed by atoms with Crippen molar-refractivity contribution in [1.82, 2.24) is 0 Å². The van der Waals surface area contributed by atoms with E-state index in [1.54, 1.807) is 0 Å². The predicted octanol–water partition coefficient (Wildman–Crippen LogP) is -1.53. The molecule has 0 saturated heterocycles. The molecule has 0 radical (unpaired) electrons. The van der Waals surface area contributed by atoms with Gasteiger partial charge in [-0.2, -0.15) is 0 Å². The minimum absolute atomic E-state index is 0. The first kappa shape index (κ1) is 13.5. The average Bonchev–Trinajstić information content (AvgIpc) is 2.04. The molecule has 1 aliphatic carbocycles. The summed E-state index contributed by atoms with van der Waals surface area (Å²) in [5.41, 5.74) is -1.07. The minimum Gasteiger partial charge on any atom is -1.00 e. The summed E-state index contributed by atoms with van der Waals surface area (Å²) in [7, 11) is 0. The molecule has 0 heterocycles. The summed E-state index contributed by atoms with van der Waals surface area (Å²) < 4.78 is 0. The van der Waals surface area contributed by atoms with E-state index in [0.717, 1.165) is 12.8 Å². The second-order valence-corrected chi connectivity index (χ2v) is 3.86. The zero-order valence-corrected chi connectivity index (χ0v) is 8.62. The quantitative estimate of drug-likeness (QED) is 0.523. The Kier molecular flexibility index (Phi) is 4.70. The fourth-order valence-corrected chi connectivity index (χ4v) is 1.99. The van der Waals surface area contributed by atoms with Crippen molar-refractivity contribution in [1.29, 1.82) is 0 Å². The summed E-state index contributed by atoms with van der Waals surface area (Å²) in [5, 5.41) is 17.8. The van der Waals surface area contributed by atoms with E-state index in [1.165, 1.54) is 6.92 Å². The van der Waals surface area contributed by atoms with Gasteiger partial charge in [0.25, 0.3) is 0 Å². The Morgan fingerprint density at radius 2 is 1.93 bits per heavy atom. The molecule has 5 heteroatoms. The maximum atomic E-state index is 10.9. The predicted molar refractivity (Wildman–Crippen MR) is 46.4 cm³/mol. The maximum absolute atomic E-state index is 10.9. The van der Waals surface area contributed by atoms with Gasteiger partial charge in [-0.3, -0.25) is 9.59 Å². The van der Waals surface area contributed by atoms with Crippen LogP contribution in [0.4, 0.5) is 0 Å². The van der Waals surface area contributed by atoms with Gasteiger partial charge in [0, 0.05) is 0 Å². The summed E-state index contributed by atoms with van der Waals surface area (Å²) in [6, 6.07) is 0. The number of hydrogen-bond donors (Lipinski definition) is 2. The van der Waals surface area contributed by atoms with Gasteiger partial charge in [0.05, 0.1) is 11.3 Å². The van der Waals surface area contributed by atoms with E-state index in [1.807, 2.05) is 0 Å². The van der Waals surface area contributed by atoms with Crippen LogP contribution in [0.25, 0.3) is 0 Å². The largest absolute Gasteiger partial charge is 1.00 e. The van der Waals surface area contributed by atoms with E-state index in [4.69, 9.17) is 10.2 Å². The molecule has 2 unspecified atom stereocenters. The van der Waals surface area contributed by atoms with Gasteiger partial charge in [0.15, 0.2) is 0 Å². The van der Waals surface area contributed by atoms with Crippen molar-refractivity contribution in [2.24, 2.45) is 11.3 Å². The van der Waals surface area contributed by atoms with Crippen LogP contribution in [-0.4, -0.2) is 22.2 Å². The van der Waals surface area contributed by atoms with Gasteiger partial charge in [-0.25, -0.2) is 0 Å². The van der Waals surface area contributed by atoms with Crippen LogP contribution in [-0.2, 0) is 9.59 Å². The molecule has 1 fully saturated rings. The van der Waals surface area contributed by atoms with Crippen LogP contribution in [0.3, 0.4) is 0 Å². The van der Waals surface area contributed by atoms with Crippen LogP contribution >= 0.6 is 0 Å². The number of rotatable bonds is 2. The fourth-order valence-electron chi connectivity index (χ4n) is 1.99. The Balaban J connectivity index is 0. The van der Waals surface area contributed by atoms with Gasteiger partial charge in [-0.15, -0.1) is 0 Å². The van der Waals surface area contributed by atoms with E-state index < -0.39 is 23.3 Å². The third kappa shape index (κ3) is 2.31. The van der Waals surface area contributed by atoms with E-state index in [2.05, 4.69) is 0 Å². The molecule has 0 spiro atoms. The van der Waals surface area contributed by atoms with E-state index >= 15 is 0 Å². The Morgan fingerprint density at radius 1 is 1.36 bits per heavy atom. The van der Waals surface area contributed by atoms with Crippen molar-refractivity contribution in [3.05, 3.63) is 0 Å². The first-order chi connectivity index (χ1) is 5.98. The van der Waals surface area contributed by atoms with Gasteiger partial charge in [-0.05, 0) is 19.8 Å². The second-order valence-electron chi connectivity index (χ2n) is 3.86. The maximum Gasteiger partial charge on any atom is 1.00 e. The van der Waals surface area contributed by atoms with Gasteiger partial charge < -0.3 is 11.6 Å². The third-order valence-corrected chi connectivity index (χ3v) is 2.99. The van der Waals surface area contributed by atoms with Crippen LogP contribution in [0.2, 0.25) is 0 Å². The fraction of sp³-hybridized carbons (Fsp3) is 0.778. The molecular formula is C9H15LiO4. The molecule has 2 atom stereocenters. The van der Waals surface area contributed by atoms with Crippen LogP contribution < -0.4 is 18.9 Å². The second kappa shape index (κ2) is 4.86. The van der Waals surface area contributed by atoms with Crippen molar-refractivity contribution in [3.8, 4) is 0 Å². The van der Waals surface area contributed by atoms with Crippen LogP contribution in [0.5, 0.6) is 0 Å². The zero-order valence-electron chi connectivity index (χ0n) is 9.62. The van der Waals surface area contributed by atoms with Crippen molar-refractivity contribution < 1.29 is 40.1 Å². The topological polar surface area (TPSA) is 74.6 Å². The van der Waals surface area contributed by atoms with Gasteiger partial charge in [-0.1, -0.05) is 12.8 Å². The van der Waals surface area contributed by atoms with E-state index in [0.29, 0.717) is 12.8 Å². The summed E-state index contributed by atoms with van der Waals surface area (Å²) in [6.07, 6.45) is 2.59. The monoisotopic (exact) mass is 194 g/mol. The molecule has 2 N–H and O–H groups in total. The summed E-state index contributed by atoms with van der Waals surface area (Å²) in [6.45, 7) is 1.54. The van der Waals surface area contributed by atoms with Crippen molar-refractivity contribution in [2.75, 3.05) is 0 Å². The van der Waals surface area contributed by atoms with Crippen LogP contribution in [0, 0.1) is 11.3 Å².